The molecule has 8 heteroatoms. The normalized spacial score (nSPS) is 17.6. The first-order valence-corrected chi connectivity index (χ1v) is 11.1. The van der Waals surface area contributed by atoms with Crippen LogP contribution in [0, 0.1) is 11.6 Å². The molecule has 30 heavy (non-hydrogen) atoms. The summed E-state index contributed by atoms with van der Waals surface area (Å²) in [6.45, 7) is 0. The van der Waals surface area contributed by atoms with Crippen LogP contribution in [-0.4, -0.2) is 28.1 Å². The predicted octanol–water partition coefficient (Wildman–Crippen LogP) is 5.85. The molecule has 0 radical (unpaired) electrons. The molecule has 156 valence electrons. The van der Waals surface area contributed by atoms with Crippen molar-refractivity contribution in [3.63, 3.8) is 0 Å². The van der Waals surface area contributed by atoms with Crippen molar-refractivity contribution in [2.24, 2.45) is 9.98 Å². The Morgan fingerprint density at radius 2 is 1.80 bits per heavy atom. The number of rotatable bonds is 4. The van der Waals surface area contributed by atoms with E-state index in [2.05, 4.69) is 5.32 Å². The van der Waals surface area contributed by atoms with Crippen LogP contribution in [0.25, 0.3) is 0 Å². The molecule has 1 amide bonds. The Bertz CT molecular complexity index is 1020. The molecule has 1 fully saturated rings. The molecule has 1 aliphatic heterocycles. The number of hydrogen-bond donors (Lipinski definition) is 1. The molecule has 2 aliphatic rings. The first-order valence-electron chi connectivity index (χ1n) is 9.78. The number of amides is 1. The number of aliphatic imine (C=N–C) groups is 2. The number of nitrogens with zero attached hydrogens (tertiary/aromatic N) is 2. The van der Waals surface area contributed by atoms with E-state index in [1.807, 2.05) is 12.1 Å². The molecule has 0 saturated heterocycles. The van der Waals surface area contributed by atoms with Crippen LogP contribution in [-0.2, 0) is 4.79 Å². The third kappa shape index (κ3) is 4.73. The van der Waals surface area contributed by atoms with Crippen LogP contribution in [0.15, 0.2) is 52.4 Å². The van der Waals surface area contributed by atoms with Gasteiger partial charge in [0.25, 0.3) is 0 Å². The van der Waals surface area contributed by atoms with Gasteiger partial charge in [-0.15, -0.1) is 0 Å². The molecule has 4 rings (SSSR count). The van der Waals surface area contributed by atoms with Crippen LogP contribution in [0.4, 0.5) is 14.5 Å². The van der Waals surface area contributed by atoms with Crippen LogP contribution in [0.3, 0.4) is 0 Å². The molecule has 1 saturated carbocycles. The number of halogens is 3. The summed E-state index contributed by atoms with van der Waals surface area (Å²) < 4.78 is 26.8. The van der Waals surface area contributed by atoms with Crippen molar-refractivity contribution in [1.82, 2.24) is 0 Å². The lowest BCUT2D eigenvalue weighted by Crippen LogP contribution is -2.25. The Labute approximate surface area is 182 Å². The van der Waals surface area contributed by atoms with Crippen molar-refractivity contribution < 1.29 is 13.6 Å². The van der Waals surface area contributed by atoms with Gasteiger partial charge in [-0.1, -0.05) is 41.9 Å². The molecule has 0 aromatic heterocycles. The van der Waals surface area contributed by atoms with E-state index in [1.165, 1.54) is 24.2 Å². The van der Waals surface area contributed by atoms with Crippen LogP contribution in [0.1, 0.15) is 37.7 Å². The van der Waals surface area contributed by atoms with Gasteiger partial charge in [0.05, 0.1) is 17.2 Å². The third-order valence-corrected chi connectivity index (χ3v) is 6.37. The van der Waals surface area contributed by atoms with E-state index >= 15 is 0 Å². The SMILES string of the molecule is O=C(CSC1=NC2(CCCCC2)N=C1c1ccc(Cl)cc1)Nc1ccc(F)cc1F. The first-order chi connectivity index (χ1) is 14.4. The minimum atomic E-state index is -0.809. The summed E-state index contributed by atoms with van der Waals surface area (Å²) >= 11 is 7.29. The minimum Gasteiger partial charge on any atom is -0.323 e. The van der Waals surface area contributed by atoms with E-state index in [1.54, 1.807) is 12.1 Å². The highest BCUT2D eigenvalue weighted by molar-refractivity contribution is 8.16. The van der Waals surface area contributed by atoms with Gasteiger partial charge in [0.2, 0.25) is 5.91 Å². The Morgan fingerprint density at radius 1 is 1.07 bits per heavy atom. The van der Waals surface area contributed by atoms with Gasteiger partial charge in [0.15, 0.2) is 5.66 Å². The highest BCUT2D eigenvalue weighted by atomic mass is 35.5. The number of benzene rings is 2. The quantitative estimate of drug-likeness (QED) is 0.639. The van der Waals surface area contributed by atoms with Crippen molar-refractivity contribution in [1.29, 1.82) is 0 Å². The number of anilines is 1. The highest BCUT2D eigenvalue weighted by Gasteiger charge is 2.37. The summed E-state index contributed by atoms with van der Waals surface area (Å²) in [5, 5.41) is 3.82. The van der Waals surface area contributed by atoms with E-state index < -0.39 is 23.2 Å². The van der Waals surface area contributed by atoms with Crippen LogP contribution >= 0.6 is 23.4 Å². The Morgan fingerprint density at radius 3 is 2.50 bits per heavy atom. The lowest BCUT2D eigenvalue weighted by atomic mass is 9.90. The predicted molar refractivity (Wildman–Crippen MR) is 119 cm³/mol. The number of carbonyl (C=O) groups excluding carboxylic acids is 1. The zero-order chi connectivity index (χ0) is 21.1. The maximum Gasteiger partial charge on any atom is 0.234 e. The molecule has 1 heterocycles. The van der Waals surface area contributed by atoms with Gasteiger partial charge in [-0.3, -0.25) is 9.79 Å². The molecular weight excluding hydrogens is 428 g/mol. The van der Waals surface area contributed by atoms with Gasteiger partial charge in [-0.05, 0) is 49.9 Å². The standard InChI is InChI=1S/C22H20ClF2N3OS/c23-15-6-4-14(5-7-15)20-21(28-22(27-20)10-2-1-3-11-22)30-13-19(29)26-18-9-8-16(24)12-17(18)25/h4-9,12H,1-3,10-11,13H2,(H,26,29). The average molecular weight is 448 g/mol. The van der Waals surface area contributed by atoms with Crippen molar-refractivity contribution >= 4 is 45.7 Å². The van der Waals surface area contributed by atoms with Crippen molar-refractivity contribution in [3.8, 4) is 0 Å². The van der Waals surface area contributed by atoms with E-state index in [-0.39, 0.29) is 11.4 Å². The van der Waals surface area contributed by atoms with Gasteiger partial charge in [0, 0.05) is 16.7 Å². The number of nitrogens with one attached hydrogen (secondary N) is 1. The van der Waals surface area contributed by atoms with E-state index in [0.29, 0.717) is 10.1 Å². The summed E-state index contributed by atoms with van der Waals surface area (Å²) in [4.78, 5) is 22.2. The van der Waals surface area contributed by atoms with Crippen molar-refractivity contribution in [2.75, 3.05) is 11.1 Å². The van der Waals surface area contributed by atoms with Crippen LogP contribution in [0.5, 0.6) is 0 Å². The second kappa shape index (κ2) is 8.86. The lowest BCUT2D eigenvalue weighted by Gasteiger charge is -2.27. The number of carbonyl (C=O) groups is 1. The molecule has 1 aliphatic carbocycles. The summed E-state index contributed by atoms with van der Waals surface area (Å²) in [5.74, 6) is -1.86. The summed E-state index contributed by atoms with van der Waals surface area (Å²) in [6, 6.07) is 10.4. The molecule has 2 aromatic rings. The zero-order valence-corrected chi connectivity index (χ0v) is 17.7. The Balaban J connectivity index is 1.50. The van der Waals surface area contributed by atoms with E-state index in [0.717, 1.165) is 49.1 Å². The largest absolute Gasteiger partial charge is 0.323 e. The van der Waals surface area contributed by atoms with E-state index in [9.17, 15) is 13.6 Å². The van der Waals surface area contributed by atoms with E-state index in [4.69, 9.17) is 21.6 Å². The molecular formula is C22H20ClF2N3OS. The smallest absolute Gasteiger partial charge is 0.234 e. The molecule has 2 aromatic carbocycles. The minimum absolute atomic E-state index is 0.0400. The first kappa shape index (κ1) is 21.0. The summed E-state index contributed by atoms with van der Waals surface area (Å²) in [5.41, 5.74) is 1.16. The Hall–Kier alpha value is -2.25. The fourth-order valence-corrected chi connectivity index (χ4v) is 4.67. The molecule has 1 N–H and O–H groups in total. The second-order valence-electron chi connectivity index (χ2n) is 7.39. The summed E-state index contributed by atoms with van der Waals surface area (Å²) in [7, 11) is 0. The maximum atomic E-state index is 13.8. The van der Waals surface area contributed by atoms with Gasteiger partial charge in [0.1, 0.15) is 16.7 Å². The lowest BCUT2D eigenvalue weighted by molar-refractivity contribution is -0.113. The maximum absolute atomic E-state index is 13.8. The van der Waals surface area contributed by atoms with Gasteiger partial charge >= 0.3 is 0 Å². The highest BCUT2D eigenvalue weighted by Crippen LogP contribution is 2.38. The van der Waals surface area contributed by atoms with Gasteiger partial charge in [-0.2, -0.15) is 0 Å². The van der Waals surface area contributed by atoms with Crippen molar-refractivity contribution in [3.05, 3.63) is 64.7 Å². The monoisotopic (exact) mass is 447 g/mol. The zero-order valence-electron chi connectivity index (χ0n) is 16.1. The Kier molecular flexibility index (Phi) is 6.20. The molecule has 0 atom stereocenters. The number of hydrogen-bond acceptors (Lipinski definition) is 4. The molecule has 1 spiro atoms. The fraction of sp³-hybridized carbons (Fsp3) is 0.318. The number of thioether (sulfide) groups is 1. The fourth-order valence-electron chi connectivity index (χ4n) is 3.67. The molecule has 0 bridgehead atoms. The van der Waals surface area contributed by atoms with Crippen LogP contribution in [0.2, 0.25) is 5.02 Å². The topological polar surface area (TPSA) is 53.8 Å². The summed E-state index contributed by atoms with van der Waals surface area (Å²) in [6.07, 6.45) is 5.10. The van der Waals surface area contributed by atoms with Gasteiger partial charge in [-0.25, -0.2) is 13.8 Å². The second-order valence-corrected chi connectivity index (χ2v) is 8.79. The van der Waals surface area contributed by atoms with Crippen molar-refractivity contribution in [2.45, 2.75) is 37.8 Å². The molecule has 0 unspecified atom stereocenters. The average Bonchev–Trinajstić information content (AvgIpc) is 3.07. The van der Waals surface area contributed by atoms with Crippen LogP contribution < -0.4 is 5.32 Å². The third-order valence-electron chi connectivity index (χ3n) is 5.15. The van der Waals surface area contributed by atoms with Gasteiger partial charge < -0.3 is 5.32 Å². The molecule has 4 nitrogen and oxygen atoms in total.